The molecule has 5 nitrogen and oxygen atoms in total. The third-order valence-corrected chi connectivity index (χ3v) is 7.52. The van der Waals surface area contributed by atoms with E-state index in [1.165, 1.54) is 41.5 Å². The zero-order valence-corrected chi connectivity index (χ0v) is 16.5. The molecule has 1 aromatic rings. The molecule has 1 fully saturated rings. The number of hydrogen-bond donors (Lipinski definition) is 1. The first-order valence-corrected chi connectivity index (χ1v) is 10.3. The van der Waals surface area contributed by atoms with E-state index in [1.54, 1.807) is 7.05 Å². The second-order valence-electron chi connectivity index (χ2n) is 7.78. The maximum Gasteiger partial charge on any atom is 0.239 e. The van der Waals surface area contributed by atoms with Crippen LogP contribution in [0.3, 0.4) is 0 Å². The van der Waals surface area contributed by atoms with E-state index in [9.17, 15) is 10.1 Å². The van der Waals surface area contributed by atoms with Gasteiger partial charge < -0.3 is 5.73 Å². The number of carbonyl (C=O) groups is 1. The maximum atomic E-state index is 13.2. The molecule has 2 aliphatic heterocycles. The topological polar surface area (TPSA) is 82.5 Å². The molecule has 0 aromatic heterocycles. The number of carbonyl (C=O) groups excluding carboxylic acids is 1. The molecule has 0 spiro atoms. The van der Waals surface area contributed by atoms with Crippen LogP contribution in [0.5, 0.6) is 0 Å². The van der Waals surface area contributed by atoms with Gasteiger partial charge in [0.15, 0.2) is 5.96 Å². The fraction of sp³-hybridized carbons (Fsp3) is 0.476. The Kier molecular flexibility index (Phi) is 4.51. The largest absolute Gasteiger partial charge is 0.369 e. The third-order valence-electron chi connectivity index (χ3n) is 6.11. The smallest absolute Gasteiger partial charge is 0.239 e. The first kappa shape index (κ1) is 18.1. The van der Waals surface area contributed by atoms with Gasteiger partial charge in [-0.1, -0.05) is 36.8 Å². The minimum absolute atomic E-state index is 0.0525. The molecule has 0 saturated heterocycles. The van der Waals surface area contributed by atoms with Gasteiger partial charge in [-0.05, 0) is 43.2 Å². The van der Waals surface area contributed by atoms with Gasteiger partial charge >= 0.3 is 0 Å². The lowest BCUT2D eigenvalue weighted by Gasteiger charge is -2.41. The lowest BCUT2D eigenvalue weighted by Crippen LogP contribution is -2.54. The Labute approximate surface area is 164 Å². The number of amides is 1. The Bertz CT molecular complexity index is 865. The van der Waals surface area contributed by atoms with Crippen LogP contribution >= 0.6 is 11.8 Å². The van der Waals surface area contributed by atoms with E-state index >= 15 is 0 Å². The predicted molar refractivity (Wildman–Crippen MR) is 108 cm³/mol. The zero-order valence-electron chi connectivity index (χ0n) is 15.7. The molecule has 0 bridgehead atoms. The number of guanidine groups is 1. The molecule has 140 valence electrons. The van der Waals surface area contributed by atoms with Crippen molar-refractivity contribution in [3.05, 3.63) is 46.4 Å². The molecule has 3 atom stereocenters. The first-order valence-electron chi connectivity index (χ1n) is 9.43. The van der Waals surface area contributed by atoms with Crippen LogP contribution in [0.1, 0.15) is 55.6 Å². The molecular formula is C21H24N4OS. The zero-order chi connectivity index (χ0) is 19.2. The number of allylic oxidation sites excluding steroid dienone is 1. The number of thioether (sulfide) groups is 1. The van der Waals surface area contributed by atoms with Crippen LogP contribution in [0.2, 0.25) is 0 Å². The Morgan fingerprint density at radius 3 is 2.52 bits per heavy atom. The van der Waals surface area contributed by atoms with Crippen LogP contribution < -0.4 is 5.73 Å². The van der Waals surface area contributed by atoms with Crippen LogP contribution in [0.15, 0.2) is 40.2 Å². The van der Waals surface area contributed by atoms with Crippen molar-refractivity contribution in [2.45, 2.75) is 55.2 Å². The highest BCUT2D eigenvalue weighted by Gasteiger charge is 2.49. The summed E-state index contributed by atoms with van der Waals surface area (Å²) in [6.45, 7) is 1.97. The Morgan fingerprint density at radius 2 is 1.96 bits per heavy atom. The van der Waals surface area contributed by atoms with Gasteiger partial charge in [-0.2, -0.15) is 5.26 Å². The van der Waals surface area contributed by atoms with Gasteiger partial charge in [0.05, 0.1) is 17.2 Å². The average Bonchev–Trinajstić information content (AvgIpc) is 3.10. The molecule has 2 unspecified atom stereocenters. The summed E-state index contributed by atoms with van der Waals surface area (Å²) in [7, 11) is 1.67. The van der Waals surface area contributed by atoms with E-state index in [0.29, 0.717) is 12.3 Å². The third kappa shape index (κ3) is 2.94. The lowest BCUT2D eigenvalue weighted by molar-refractivity contribution is -0.129. The van der Waals surface area contributed by atoms with Crippen LogP contribution in [-0.2, 0) is 4.79 Å². The van der Waals surface area contributed by atoms with Crippen molar-refractivity contribution < 1.29 is 4.79 Å². The van der Waals surface area contributed by atoms with Crippen molar-refractivity contribution in [3.8, 4) is 6.07 Å². The first-order chi connectivity index (χ1) is 12.9. The molecule has 1 aliphatic carbocycles. The number of aliphatic imine (C=N–C) groups is 1. The predicted octanol–water partition coefficient (Wildman–Crippen LogP) is 3.50. The van der Waals surface area contributed by atoms with Crippen molar-refractivity contribution in [3.63, 3.8) is 0 Å². The number of likely N-dealkylation sites (N-methyl/N-ethyl adjacent to an activating group) is 1. The van der Waals surface area contributed by atoms with E-state index in [-0.39, 0.29) is 17.1 Å². The molecule has 27 heavy (non-hydrogen) atoms. The summed E-state index contributed by atoms with van der Waals surface area (Å²) in [6, 6.07) is 10.8. The van der Waals surface area contributed by atoms with E-state index in [2.05, 4.69) is 30.3 Å². The number of nitrogens with two attached hydrogens (primary N) is 1. The number of benzene rings is 1. The molecule has 2 N–H and O–H groups in total. The highest BCUT2D eigenvalue weighted by molar-refractivity contribution is 8.04. The molecule has 1 saturated carbocycles. The summed E-state index contributed by atoms with van der Waals surface area (Å²) in [5, 5.41) is 9.15. The van der Waals surface area contributed by atoms with Crippen molar-refractivity contribution in [1.82, 2.24) is 4.90 Å². The normalized spacial score (nSPS) is 31.1. The summed E-state index contributed by atoms with van der Waals surface area (Å²) in [5.41, 5.74) is 7.59. The summed E-state index contributed by atoms with van der Waals surface area (Å²) in [6.07, 6.45) is 6.53. The summed E-state index contributed by atoms with van der Waals surface area (Å²) >= 11 is 1.51. The molecule has 4 rings (SSSR count). The van der Waals surface area contributed by atoms with Crippen molar-refractivity contribution >= 4 is 23.6 Å². The molecule has 2 heterocycles. The van der Waals surface area contributed by atoms with Gasteiger partial charge in [-0.15, -0.1) is 11.8 Å². The monoisotopic (exact) mass is 380 g/mol. The highest BCUT2D eigenvalue weighted by Crippen LogP contribution is 2.49. The SMILES string of the molecule is CN1C(=O)C(c2ccc(C3CCC3)cc2)[C@@](C)(C2=CCC(C#N)S2)N=C1N. The van der Waals surface area contributed by atoms with Gasteiger partial charge in [-0.3, -0.25) is 9.69 Å². The summed E-state index contributed by atoms with van der Waals surface area (Å²) in [5.74, 6) is 0.393. The van der Waals surface area contributed by atoms with Gasteiger partial charge in [0, 0.05) is 12.0 Å². The molecular weight excluding hydrogens is 356 g/mol. The van der Waals surface area contributed by atoms with Crippen LogP contribution in [0, 0.1) is 11.3 Å². The lowest BCUT2D eigenvalue weighted by atomic mass is 9.76. The second-order valence-corrected chi connectivity index (χ2v) is 9.03. The average molecular weight is 381 g/mol. The number of hydrogen-bond acceptors (Lipinski definition) is 5. The van der Waals surface area contributed by atoms with Crippen molar-refractivity contribution in [2.75, 3.05) is 7.05 Å². The Hall–Kier alpha value is -2.26. The molecule has 1 aromatic carbocycles. The fourth-order valence-electron chi connectivity index (χ4n) is 4.16. The van der Waals surface area contributed by atoms with Gasteiger partial charge in [0.1, 0.15) is 5.54 Å². The molecule has 0 radical (unpaired) electrons. The Balaban J connectivity index is 1.73. The van der Waals surface area contributed by atoms with Crippen molar-refractivity contribution in [2.24, 2.45) is 10.7 Å². The number of nitriles is 1. The van der Waals surface area contributed by atoms with Crippen LogP contribution in [0.4, 0.5) is 0 Å². The number of rotatable bonds is 3. The van der Waals surface area contributed by atoms with E-state index in [0.717, 1.165) is 10.5 Å². The Morgan fingerprint density at radius 1 is 1.30 bits per heavy atom. The van der Waals surface area contributed by atoms with Gasteiger partial charge in [-0.25, -0.2) is 4.99 Å². The number of nitrogens with zero attached hydrogens (tertiary/aromatic N) is 3. The van der Waals surface area contributed by atoms with E-state index in [4.69, 9.17) is 10.7 Å². The maximum absolute atomic E-state index is 13.2. The summed E-state index contributed by atoms with van der Waals surface area (Å²) in [4.78, 5) is 20.4. The molecule has 3 aliphatic rings. The van der Waals surface area contributed by atoms with Gasteiger partial charge in [0.25, 0.3) is 0 Å². The van der Waals surface area contributed by atoms with Crippen LogP contribution in [0.25, 0.3) is 0 Å². The molecule has 6 heteroatoms. The standard InChI is InChI=1S/C21H24N4OS/c1-21(17-11-10-16(12-22)27-17)18(19(26)25(2)20(23)24-21)15-8-6-14(7-9-15)13-4-3-5-13/h6-9,11,13,16,18H,3-5,10H2,1-2H3,(H2,23,24)/t16?,18?,21-/m1/s1. The second kappa shape index (κ2) is 6.72. The highest BCUT2D eigenvalue weighted by atomic mass is 32.2. The molecule has 1 amide bonds. The minimum Gasteiger partial charge on any atom is -0.369 e. The fourth-order valence-corrected chi connectivity index (χ4v) is 5.31. The minimum atomic E-state index is -0.776. The van der Waals surface area contributed by atoms with Crippen molar-refractivity contribution in [1.29, 1.82) is 5.26 Å². The van der Waals surface area contributed by atoms with E-state index < -0.39 is 11.5 Å². The van der Waals surface area contributed by atoms with Gasteiger partial charge in [0.2, 0.25) is 5.91 Å². The van der Waals surface area contributed by atoms with E-state index in [1.807, 2.05) is 13.0 Å². The quantitative estimate of drug-likeness (QED) is 0.870. The summed E-state index contributed by atoms with van der Waals surface area (Å²) < 4.78 is 0. The van der Waals surface area contributed by atoms with Crippen LogP contribution in [-0.4, -0.2) is 34.6 Å².